The van der Waals surface area contributed by atoms with E-state index in [1.165, 1.54) is 0 Å². The molecule has 0 spiro atoms. The van der Waals surface area contributed by atoms with Crippen molar-refractivity contribution in [1.29, 1.82) is 0 Å². The lowest BCUT2D eigenvalue weighted by Gasteiger charge is -2.10. The summed E-state index contributed by atoms with van der Waals surface area (Å²) in [5.74, 6) is -0.171. The van der Waals surface area contributed by atoms with Crippen LogP contribution in [0.15, 0.2) is 48.5 Å². The summed E-state index contributed by atoms with van der Waals surface area (Å²) < 4.78 is 13.2. The lowest BCUT2D eigenvalue weighted by atomic mass is 10.0. The van der Waals surface area contributed by atoms with Crippen LogP contribution in [0.2, 0.25) is 0 Å². The van der Waals surface area contributed by atoms with Crippen molar-refractivity contribution < 1.29 is 4.39 Å². The van der Waals surface area contributed by atoms with Crippen molar-refractivity contribution in [2.75, 3.05) is 0 Å². The molecule has 0 aliphatic heterocycles. The third-order valence-electron chi connectivity index (χ3n) is 2.95. The lowest BCUT2D eigenvalue weighted by Crippen LogP contribution is -1.95. The second kappa shape index (κ2) is 6.01. The van der Waals surface area contributed by atoms with Gasteiger partial charge in [-0.05, 0) is 48.6 Å². The first-order chi connectivity index (χ1) is 8.65. The van der Waals surface area contributed by atoms with E-state index in [4.69, 9.17) is 11.6 Å². The topological polar surface area (TPSA) is 0 Å². The highest BCUT2D eigenvalue weighted by molar-refractivity contribution is 6.20. The Morgan fingerprint density at radius 2 is 1.83 bits per heavy atom. The molecule has 2 heteroatoms. The van der Waals surface area contributed by atoms with Gasteiger partial charge in [-0.2, -0.15) is 0 Å². The van der Waals surface area contributed by atoms with Crippen molar-refractivity contribution in [2.45, 2.75) is 25.1 Å². The molecule has 0 nitrogen and oxygen atoms in total. The van der Waals surface area contributed by atoms with Crippen molar-refractivity contribution in [2.24, 2.45) is 0 Å². The highest BCUT2D eigenvalue weighted by Gasteiger charge is 2.08. The first kappa shape index (κ1) is 13.1. The fourth-order valence-electron chi connectivity index (χ4n) is 2.08. The second-order valence-corrected chi connectivity index (χ2v) is 5.08. The number of hydrogen-bond acceptors (Lipinski definition) is 0. The Hall–Kier alpha value is -1.34. The van der Waals surface area contributed by atoms with Gasteiger partial charge in [-0.3, -0.25) is 0 Å². The Morgan fingerprint density at radius 3 is 2.50 bits per heavy atom. The molecule has 2 aromatic rings. The molecular weight excluding hydrogens is 247 g/mol. The maximum atomic E-state index is 13.2. The smallest absolute Gasteiger partial charge is 0.123 e. The van der Waals surface area contributed by atoms with Crippen LogP contribution in [0.3, 0.4) is 0 Å². The van der Waals surface area contributed by atoms with Gasteiger partial charge in [0.15, 0.2) is 0 Å². The van der Waals surface area contributed by atoms with Gasteiger partial charge in [-0.15, -0.1) is 11.6 Å². The van der Waals surface area contributed by atoms with E-state index in [9.17, 15) is 4.39 Å². The number of rotatable bonds is 4. The molecule has 1 atom stereocenters. The first-order valence-corrected chi connectivity index (χ1v) is 6.54. The zero-order chi connectivity index (χ0) is 13.0. The first-order valence-electron chi connectivity index (χ1n) is 6.10. The summed E-state index contributed by atoms with van der Waals surface area (Å²) in [7, 11) is 0. The molecule has 0 aromatic heterocycles. The van der Waals surface area contributed by atoms with Crippen LogP contribution >= 0.6 is 11.6 Å². The number of halogens is 2. The van der Waals surface area contributed by atoms with Crippen LogP contribution < -0.4 is 0 Å². The molecule has 18 heavy (non-hydrogen) atoms. The fourth-order valence-corrected chi connectivity index (χ4v) is 2.33. The summed E-state index contributed by atoms with van der Waals surface area (Å²) in [6.45, 7) is 1.90. The highest BCUT2D eigenvalue weighted by Crippen LogP contribution is 2.25. The van der Waals surface area contributed by atoms with E-state index in [0.29, 0.717) is 0 Å². The Labute approximate surface area is 112 Å². The molecule has 94 valence electrons. The summed E-state index contributed by atoms with van der Waals surface area (Å²) in [4.78, 5) is 0. The van der Waals surface area contributed by atoms with Crippen molar-refractivity contribution in [3.05, 3.63) is 71.0 Å². The Kier molecular flexibility index (Phi) is 4.38. The average molecular weight is 263 g/mol. The van der Waals surface area contributed by atoms with E-state index in [1.54, 1.807) is 12.1 Å². The molecule has 2 aromatic carbocycles. The largest absolute Gasteiger partial charge is 0.207 e. The lowest BCUT2D eigenvalue weighted by molar-refractivity contribution is 0.623. The average Bonchev–Trinajstić information content (AvgIpc) is 2.36. The Bertz CT molecular complexity index is 488. The maximum absolute atomic E-state index is 13.2. The minimum Gasteiger partial charge on any atom is -0.207 e. The van der Waals surface area contributed by atoms with E-state index >= 15 is 0 Å². The predicted octanol–water partition coefficient (Wildman–Crippen LogP) is 5.05. The molecule has 0 N–H and O–H groups in total. The molecule has 0 amide bonds. The van der Waals surface area contributed by atoms with E-state index in [-0.39, 0.29) is 11.2 Å². The third kappa shape index (κ3) is 3.58. The molecule has 2 rings (SSSR count). The van der Waals surface area contributed by atoms with Gasteiger partial charge in [-0.1, -0.05) is 36.4 Å². The predicted molar refractivity (Wildman–Crippen MR) is 74.5 cm³/mol. The summed E-state index contributed by atoms with van der Waals surface area (Å²) in [6.07, 6.45) is 1.61. The van der Waals surface area contributed by atoms with Gasteiger partial charge < -0.3 is 0 Å². The van der Waals surface area contributed by atoms with Crippen molar-refractivity contribution in [3.8, 4) is 0 Å². The summed E-state index contributed by atoms with van der Waals surface area (Å²) >= 11 is 6.34. The van der Waals surface area contributed by atoms with E-state index in [2.05, 4.69) is 0 Å². The minimum atomic E-state index is -0.171. The molecular formula is C16H16ClF. The van der Waals surface area contributed by atoms with Gasteiger partial charge in [0, 0.05) is 0 Å². The third-order valence-corrected chi connectivity index (χ3v) is 3.42. The van der Waals surface area contributed by atoms with Crippen molar-refractivity contribution in [1.82, 2.24) is 0 Å². The second-order valence-electron chi connectivity index (χ2n) is 4.55. The van der Waals surface area contributed by atoms with Crippen LogP contribution in [-0.2, 0) is 6.42 Å². The van der Waals surface area contributed by atoms with Crippen molar-refractivity contribution in [3.63, 3.8) is 0 Å². The van der Waals surface area contributed by atoms with Crippen LogP contribution in [0, 0.1) is 12.7 Å². The minimum absolute atomic E-state index is 0.0187. The van der Waals surface area contributed by atoms with Crippen LogP contribution in [-0.4, -0.2) is 0 Å². The number of alkyl halides is 1. The molecule has 0 saturated heterocycles. The highest BCUT2D eigenvalue weighted by atomic mass is 35.5. The van der Waals surface area contributed by atoms with Gasteiger partial charge in [0.25, 0.3) is 0 Å². The zero-order valence-corrected chi connectivity index (χ0v) is 11.1. The molecule has 0 bridgehead atoms. The molecule has 0 fully saturated rings. The fraction of sp³-hybridized carbons (Fsp3) is 0.250. The summed E-state index contributed by atoms with van der Waals surface area (Å²) in [5, 5.41) is -0.0187. The zero-order valence-electron chi connectivity index (χ0n) is 10.4. The quantitative estimate of drug-likeness (QED) is 0.677. The van der Waals surface area contributed by atoms with Crippen LogP contribution in [0.25, 0.3) is 0 Å². The van der Waals surface area contributed by atoms with Crippen LogP contribution in [0.1, 0.15) is 28.5 Å². The van der Waals surface area contributed by atoms with Gasteiger partial charge in [0.1, 0.15) is 5.82 Å². The number of benzene rings is 2. The van der Waals surface area contributed by atoms with Gasteiger partial charge in [-0.25, -0.2) is 4.39 Å². The van der Waals surface area contributed by atoms with Gasteiger partial charge >= 0.3 is 0 Å². The molecule has 0 saturated carbocycles. The van der Waals surface area contributed by atoms with E-state index in [0.717, 1.165) is 29.5 Å². The molecule has 0 aliphatic carbocycles. The van der Waals surface area contributed by atoms with Crippen LogP contribution in [0.5, 0.6) is 0 Å². The van der Waals surface area contributed by atoms with Gasteiger partial charge in [0.2, 0.25) is 0 Å². The number of aryl methyl sites for hydroxylation is 2. The van der Waals surface area contributed by atoms with E-state index < -0.39 is 0 Å². The van der Waals surface area contributed by atoms with Crippen LogP contribution in [0.4, 0.5) is 4.39 Å². The Morgan fingerprint density at radius 1 is 1.11 bits per heavy atom. The standard InChI is InChI=1S/C16H16ClF/c1-12-9-13(11-15(18)10-12)7-8-16(17)14-5-3-2-4-6-14/h2-6,9-11,16H,7-8H2,1H3. The summed E-state index contributed by atoms with van der Waals surface area (Å²) in [5.41, 5.74) is 3.08. The Balaban J connectivity index is 1.99. The SMILES string of the molecule is Cc1cc(F)cc(CCC(Cl)c2ccccc2)c1. The molecule has 0 heterocycles. The maximum Gasteiger partial charge on any atom is 0.123 e. The molecule has 0 radical (unpaired) electrons. The normalized spacial score (nSPS) is 12.4. The van der Waals surface area contributed by atoms with Gasteiger partial charge in [0.05, 0.1) is 5.38 Å². The van der Waals surface area contributed by atoms with E-state index in [1.807, 2.05) is 43.3 Å². The van der Waals surface area contributed by atoms with Crippen molar-refractivity contribution >= 4 is 11.6 Å². The summed E-state index contributed by atoms with van der Waals surface area (Å²) in [6, 6.07) is 15.1. The monoisotopic (exact) mass is 262 g/mol. The molecule has 1 unspecified atom stereocenters. The molecule has 0 aliphatic rings. The number of hydrogen-bond donors (Lipinski definition) is 0.